The summed E-state index contributed by atoms with van der Waals surface area (Å²) in [5, 5.41) is 15.9. The minimum atomic E-state index is -1.19. The van der Waals surface area contributed by atoms with E-state index in [1.54, 1.807) is 42.6 Å². The molecule has 0 saturated heterocycles. The molecule has 5 rings (SSSR count). The number of amides is 1. The highest BCUT2D eigenvalue weighted by atomic mass is 35.5. The maximum Gasteiger partial charge on any atom is 0.326 e. The van der Waals surface area contributed by atoms with Gasteiger partial charge in [0.2, 0.25) is 0 Å². The van der Waals surface area contributed by atoms with Gasteiger partial charge >= 0.3 is 5.97 Å². The third-order valence-corrected chi connectivity index (χ3v) is 7.44. The summed E-state index contributed by atoms with van der Waals surface area (Å²) in [5.41, 5.74) is 4.37. The fourth-order valence-corrected chi connectivity index (χ4v) is 5.36. The van der Waals surface area contributed by atoms with Crippen molar-refractivity contribution in [2.75, 3.05) is 18.5 Å². The molecule has 0 aliphatic carbocycles. The minimum Gasteiger partial charge on any atom is -0.494 e. The van der Waals surface area contributed by atoms with Crippen molar-refractivity contribution in [1.29, 1.82) is 0 Å². The highest BCUT2D eigenvalue weighted by molar-refractivity contribution is 6.40. The number of ether oxygens (including phenoxy) is 1. The third kappa shape index (κ3) is 7.17. The summed E-state index contributed by atoms with van der Waals surface area (Å²) < 4.78 is 5.87. The number of anilines is 1. The Hall–Kier alpha value is -4.08. The van der Waals surface area contributed by atoms with Crippen LogP contribution in [0, 0.1) is 0 Å². The first-order chi connectivity index (χ1) is 19.9. The first-order valence-electron chi connectivity index (χ1n) is 13.3. The Bertz CT molecular complexity index is 1500. The summed E-state index contributed by atoms with van der Waals surface area (Å²) in [5.74, 6) is -0.171. The zero-order chi connectivity index (χ0) is 28.8. The number of hydrogen-bond acceptors (Lipinski definition) is 6. The van der Waals surface area contributed by atoms with Crippen LogP contribution in [0.15, 0.2) is 61.1 Å². The molecule has 1 atom stereocenters. The Morgan fingerprint density at radius 2 is 1.88 bits per heavy atom. The zero-order valence-corrected chi connectivity index (χ0v) is 23.6. The topological polar surface area (TPSA) is 129 Å². The zero-order valence-electron chi connectivity index (χ0n) is 22.1. The molecular weight excluding hydrogens is 565 g/mol. The number of halogens is 2. The Labute approximate surface area is 247 Å². The van der Waals surface area contributed by atoms with E-state index in [0.717, 1.165) is 49.3 Å². The van der Waals surface area contributed by atoms with Gasteiger partial charge in [-0.3, -0.25) is 4.79 Å². The second-order valence-electron chi connectivity index (χ2n) is 9.79. The standard InChI is InChI=1S/C30H29Cl2N5O4/c31-23-14-20(26-16-33-17-35-26)15-24(32)27(23)29(38)37-25(30(39)40)13-18-5-9-22(10-6-18)41-12-2-4-21-8-7-19-3-1-11-34-28(19)36-21/h5-10,14-17,25H,1-4,11-13H2,(H,33,35)(H,34,36)(H,37,38)(H,39,40)/t25-/m0/s1. The van der Waals surface area contributed by atoms with E-state index in [2.05, 4.69) is 32.7 Å². The first-order valence-corrected chi connectivity index (χ1v) is 14.1. The van der Waals surface area contributed by atoms with Gasteiger partial charge in [0.25, 0.3) is 5.91 Å². The molecule has 4 aromatic rings. The van der Waals surface area contributed by atoms with Crippen LogP contribution in [0.25, 0.3) is 11.3 Å². The molecule has 0 unspecified atom stereocenters. The summed E-state index contributed by atoms with van der Waals surface area (Å²) in [6, 6.07) is 13.3. The third-order valence-electron chi connectivity index (χ3n) is 6.84. The van der Waals surface area contributed by atoms with Gasteiger partial charge in [-0.15, -0.1) is 0 Å². The predicted octanol–water partition coefficient (Wildman–Crippen LogP) is 5.57. The Morgan fingerprint density at radius 1 is 1.10 bits per heavy atom. The number of nitrogens with one attached hydrogen (secondary N) is 3. The van der Waals surface area contributed by atoms with Crippen LogP contribution in [-0.4, -0.2) is 51.1 Å². The van der Waals surface area contributed by atoms with Crippen molar-refractivity contribution in [3.05, 3.63) is 93.5 Å². The number of carboxylic acids is 1. The monoisotopic (exact) mass is 593 g/mol. The lowest BCUT2D eigenvalue weighted by atomic mass is 10.0. The molecule has 0 saturated carbocycles. The summed E-state index contributed by atoms with van der Waals surface area (Å²) in [6.45, 7) is 1.49. The molecule has 9 nitrogen and oxygen atoms in total. The van der Waals surface area contributed by atoms with Gasteiger partial charge in [-0.25, -0.2) is 14.8 Å². The van der Waals surface area contributed by atoms with E-state index in [4.69, 9.17) is 32.9 Å². The van der Waals surface area contributed by atoms with Gasteiger partial charge in [-0.2, -0.15) is 0 Å². The average molecular weight is 594 g/mol. The van der Waals surface area contributed by atoms with E-state index < -0.39 is 17.9 Å². The SMILES string of the molecule is O=C(N[C@@H](Cc1ccc(OCCCc2ccc3c(n2)NCCC3)cc1)C(=O)O)c1c(Cl)cc(-c2cnc[nH]2)cc1Cl. The van der Waals surface area contributed by atoms with Crippen LogP contribution >= 0.6 is 23.2 Å². The molecule has 1 aliphatic rings. The van der Waals surface area contributed by atoms with Gasteiger partial charge in [0, 0.05) is 24.2 Å². The lowest BCUT2D eigenvalue weighted by Gasteiger charge is -2.17. The number of carbonyl (C=O) groups is 2. The van der Waals surface area contributed by atoms with Gasteiger partial charge < -0.3 is 25.5 Å². The smallest absolute Gasteiger partial charge is 0.326 e. The molecule has 0 spiro atoms. The molecule has 0 fully saturated rings. The average Bonchev–Trinajstić information content (AvgIpc) is 3.51. The molecule has 212 valence electrons. The molecule has 0 bridgehead atoms. The maximum absolute atomic E-state index is 13.0. The molecule has 41 heavy (non-hydrogen) atoms. The van der Waals surface area contributed by atoms with Crippen LogP contribution in [0.3, 0.4) is 0 Å². The predicted molar refractivity (Wildman–Crippen MR) is 158 cm³/mol. The van der Waals surface area contributed by atoms with E-state index in [1.807, 2.05) is 0 Å². The van der Waals surface area contributed by atoms with Gasteiger partial charge in [0.15, 0.2) is 0 Å². The second kappa shape index (κ2) is 13.1. The van der Waals surface area contributed by atoms with Gasteiger partial charge in [-0.05, 0) is 67.1 Å². The molecule has 2 aromatic carbocycles. The number of rotatable bonds is 11. The van der Waals surface area contributed by atoms with E-state index >= 15 is 0 Å². The quantitative estimate of drug-likeness (QED) is 0.167. The summed E-state index contributed by atoms with van der Waals surface area (Å²) in [6.07, 6.45) is 7.02. The van der Waals surface area contributed by atoms with Crippen LogP contribution in [0.5, 0.6) is 5.75 Å². The lowest BCUT2D eigenvalue weighted by Crippen LogP contribution is -2.42. The molecule has 0 radical (unpaired) electrons. The number of benzene rings is 2. The van der Waals surface area contributed by atoms with E-state index in [9.17, 15) is 14.7 Å². The van der Waals surface area contributed by atoms with Crippen molar-refractivity contribution in [1.82, 2.24) is 20.3 Å². The highest BCUT2D eigenvalue weighted by Crippen LogP contribution is 2.31. The van der Waals surface area contributed by atoms with Gasteiger partial charge in [-0.1, -0.05) is 41.4 Å². The van der Waals surface area contributed by atoms with Crippen LogP contribution in [0.4, 0.5) is 5.82 Å². The number of fused-ring (bicyclic) bond motifs is 1. The summed E-state index contributed by atoms with van der Waals surface area (Å²) >= 11 is 12.7. The van der Waals surface area contributed by atoms with Gasteiger partial charge in [0.1, 0.15) is 17.6 Å². The van der Waals surface area contributed by atoms with E-state index in [1.165, 1.54) is 11.9 Å². The number of pyridine rings is 1. The van der Waals surface area contributed by atoms with Crippen molar-refractivity contribution >= 4 is 40.9 Å². The van der Waals surface area contributed by atoms with Crippen molar-refractivity contribution in [3.8, 4) is 17.0 Å². The van der Waals surface area contributed by atoms with Crippen molar-refractivity contribution in [2.45, 2.75) is 38.1 Å². The van der Waals surface area contributed by atoms with Crippen molar-refractivity contribution in [2.24, 2.45) is 0 Å². The number of imidazole rings is 1. The molecule has 1 aliphatic heterocycles. The Kier molecular flexibility index (Phi) is 9.06. The Balaban J connectivity index is 1.14. The number of hydrogen-bond donors (Lipinski definition) is 4. The number of carbonyl (C=O) groups excluding carboxylic acids is 1. The number of aryl methyl sites for hydroxylation is 2. The first kappa shape index (κ1) is 28.4. The van der Waals surface area contributed by atoms with Gasteiger partial charge in [0.05, 0.1) is 40.4 Å². The second-order valence-corrected chi connectivity index (χ2v) is 10.6. The minimum absolute atomic E-state index is 0.00782. The van der Waals surface area contributed by atoms with E-state index in [0.29, 0.717) is 23.6 Å². The fourth-order valence-electron chi connectivity index (χ4n) is 4.70. The Morgan fingerprint density at radius 3 is 2.59 bits per heavy atom. The normalized spacial score (nSPS) is 13.1. The van der Waals surface area contributed by atoms with Crippen LogP contribution < -0.4 is 15.4 Å². The molecule has 3 heterocycles. The largest absolute Gasteiger partial charge is 0.494 e. The van der Waals surface area contributed by atoms with Crippen LogP contribution in [0.2, 0.25) is 10.0 Å². The highest BCUT2D eigenvalue weighted by Gasteiger charge is 2.24. The van der Waals surface area contributed by atoms with E-state index in [-0.39, 0.29) is 22.0 Å². The van der Waals surface area contributed by atoms with Crippen LogP contribution in [0.1, 0.15) is 40.0 Å². The lowest BCUT2D eigenvalue weighted by molar-refractivity contribution is -0.139. The number of aromatic amines is 1. The number of aliphatic carboxylic acids is 1. The summed E-state index contributed by atoms with van der Waals surface area (Å²) in [4.78, 5) is 36.6. The fraction of sp³-hybridized carbons (Fsp3) is 0.267. The molecular formula is C30H29Cl2N5O4. The number of aromatic nitrogens is 3. The number of carboxylic acid groups (broad SMARTS) is 1. The molecule has 11 heteroatoms. The molecule has 4 N–H and O–H groups in total. The van der Waals surface area contributed by atoms with Crippen LogP contribution in [-0.2, 0) is 24.1 Å². The summed E-state index contributed by atoms with van der Waals surface area (Å²) in [7, 11) is 0. The van der Waals surface area contributed by atoms with Crippen molar-refractivity contribution in [3.63, 3.8) is 0 Å². The number of H-pyrrole nitrogens is 1. The van der Waals surface area contributed by atoms with Crippen molar-refractivity contribution < 1.29 is 19.4 Å². The maximum atomic E-state index is 13.0. The molecule has 2 aromatic heterocycles. The molecule has 1 amide bonds. The number of nitrogens with zero attached hydrogens (tertiary/aromatic N) is 2.